The van der Waals surface area contributed by atoms with Gasteiger partial charge in [-0.2, -0.15) is 11.8 Å². The van der Waals surface area contributed by atoms with E-state index >= 15 is 0 Å². The van der Waals surface area contributed by atoms with Crippen LogP contribution in [0.1, 0.15) is 26.7 Å². The summed E-state index contributed by atoms with van der Waals surface area (Å²) in [4.78, 5) is 0. The summed E-state index contributed by atoms with van der Waals surface area (Å²) in [5.74, 6) is 1.31. The molecule has 2 unspecified atom stereocenters. The maximum atomic E-state index is 3.55. The van der Waals surface area contributed by atoms with Crippen LogP contribution in [-0.2, 0) is 0 Å². The molecule has 1 heterocycles. The van der Waals surface area contributed by atoms with Crippen LogP contribution in [0, 0.1) is 0 Å². The van der Waals surface area contributed by atoms with Crippen LogP contribution in [0.15, 0.2) is 0 Å². The molecule has 0 amide bonds. The topological polar surface area (TPSA) is 12.0 Å². The molecule has 1 saturated heterocycles. The quantitative estimate of drug-likeness (QED) is 0.660. The minimum Gasteiger partial charge on any atom is -0.312 e. The summed E-state index contributed by atoms with van der Waals surface area (Å²) < 4.78 is 0. The van der Waals surface area contributed by atoms with Gasteiger partial charge in [-0.1, -0.05) is 13.8 Å². The Labute approximate surface area is 68.0 Å². The highest BCUT2D eigenvalue weighted by atomic mass is 32.2. The minimum atomic E-state index is 0.785. The van der Waals surface area contributed by atoms with Crippen molar-refractivity contribution in [2.24, 2.45) is 0 Å². The zero-order valence-corrected chi connectivity index (χ0v) is 7.71. The third kappa shape index (κ3) is 2.17. The van der Waals surface area contributed by atoms with E-state index in [1.165, 1.54) is 25.1 Å². The maximum absolute atomic E-state index is 3.55. The second kappa shape index (κ2) is 4.24. The van der Waals surface area contributed by atoms with Crippen LogP contribution in [-0.4, -0.2) is 23.6 Å². The molecule has 1 fully saturated rings. The van der Waals surface area contributed by atoms with Gasteiger partial charge in [0.1, 0.15) is 0 Å². The molecule has 1 nitrogen and oxygen atoms in total. The standard InChI is InChI=1S/C8H17NS/c1-3-7-6-10-8(4-2)5-9-7/h7-9H,3-6H2,1-2H3. The van der Waals surface area contributed by atoms with Crippen molar-refractivity contribution in [3.8, 4) is 0 Å². The molecule has 0 radical (unpaired) electrons. The normalized spacial score (nSPS) is 34.2. The van der Waals surface area contributed by atoms with Crippen molar-refractivity contribution in [3.05, 3.63) is 0 Å². The Bertz CT molecular complexity index is 75.3. The Morgan fingerprint density at radius 1 is 1.40 bits per heavy atom. The fourth-order valence-corrected chi connectivity index (χ4v) is 2.50. The van der Waals surface area contributed by atoms with Crippen molar-refractivity contribution in [1.29, 1.82) is 0 Å². The molecule has 10 heavy (non-hydrogen) atoms. The first-order valence-corrected chi connectivity index (χ1v) is 5.26. The van der Waals surface area contributed by atoms with Crippen LogP contribution < -0.4 is 5.32 Å². The van der Waals surface area contributed by atoms with Gasteiger partial charge in [-0.05, 0) is 12.8 Å². The van der Waals surface area contributed by atoms with E-state index in [-0.39, 0.29) is 0 Å². The Hall–Kier alpha value is 0.310. The summed E-state index contributed by atoms with van der Waals surface area (Å²) in [6.07, 6.45) is 2.59. The monoisotopic (exact) mass is 159 g/mol. The lowest BCUT2D eigenvalue weighted by Gasteiger charge is -2.27. The molecule has 2 heteroatoms. The van der Waals surface area contributed by atoms with Gasteiger partial charge < -0.3 is 5.32 Å². The van der Waals surface area contributed by atoms with Gasteiger partial charge >= 0.3 is 0 Å². The highest BCUT2D eigenvalue weighted by Crippen LogP contribution is 2.20. The highest BCUT2D eigenvalue weighted by Gasteiger charge is 2.17. The molecule has 0 aromatic carbocycles. The van der Waals surface area contributed by atoms with Gasteiger partial charge in [-0.15, -0.1) is 0 Å². The average Bonchev–Trinajstić information content (AvgIpc) is 2.05. The molecule has 1 rings (SSSR count). The summed E-state index contributed by atoms with van der Waals surface area (Å²) in [5.41, 5.74) is 0. The van der Waals surface area contributed by atoms with Crippen molar-refractivity contribution in [2.75, 3.05) is 12.3 Å². The third-order valence-electron chi connectivity index (χ3n) is 2.12. The van der Waals surface area contributed by atoms with Gasteiger partial charge in [0.05, 0.1) is 0 Å². The zero-order chi connectivity index (χ0) is 7.40. The minimum absolute atomic E-state index is 0.785. The van der Waals surface area contributed by atoms with Crippen LogP contribution in [0.4, 0.5) is 0 Å². The second-order valence-electron chi connectivity index (χ2n) is 2.88. The fourth-order valence-electron chi connectivity index (χ4n) is 1.19. The smallest absolute Gasteiger partial charge is 0.0170 e. The average molecular weight is 159 g/mol. The fraction of sp³-hybridized carbons (Fsp3) is 1.00. The largest absolute Gasteiger partial charge is 0.312 e. The number of nitrogens with one attached hydrogen (secondary N) is 1. The Balaban J connectivity index is 2.17. The van der Waals surface area contributed by atoms with Gasteiger partial charge in [-0.3, -0.25) is 0 Å². The number of hydrogen-bond acceptors (Lipinski definition) is 2. The molecule has 0 bridgehead atoms. The van der Waals surface area contributed by atoms with E-state index in [1.54, 1.807) is 0 Å². The van der Waals surface area contributed by atoms with E-state index in [9.17, 15) is 0 Å². The molecule has 0 saturated carbocycles. The van der Waals surface area contributed by atoms with Gasteiger partial charge in [0.25, 0.3) is 0 Å². The lowest BCUT2D eigenvalue weighted by atomic mass is 10.2. The highest BCUT2D eigenvalue weighted by molar-refractivity contribution is 8.00. The van der Waals surface area contributed by atoms with E-state index in [4.69, 9.17) is 0 Å². The molecule has 0 aromatic rings. The van der Waals surface area contributed by atoms with E-state index in [0.717, 1.165) is 11.3 Å². The zero-order valence-electron chi connectivity index (χ0n) is 6.89. The van der Waals surface area contributed by atoms with Crippen molar-refractivity contribution in [2.45, 2.75) is 38.0 Å². The van der Waals surface area contributed by atoms with Crippen molar-refractivity contribution < 1.29 is 0 Å². The Kier molecular flexibility index (Phi) is 3.57. The maximum Gasteiger partial charge on any atom is 0.0170 e. The molecule has 2 atom stereocenters. The Morgan fingerprint density at radius 2 is 2.20 bits per heavy atom. The number of rotatable bonds is 2. The summed E-state index contributed by atoms with van der Waals surface area (Å²) in [7, 11) is 0. The van der Waals surface area contributed by atoms with Gasteiger partial charge in [0, 0.05) is 23.6 Å². The molecule has 0 spiro atoms. The lowest BCUT2D eigenvalue weighted by Crippen LogP contribution is -2.40. The third-order valence-corrected chi connectivity index (χ3v) is 3.68. The summed E-state index contributed by atoms with van der Waals surface area (Å²) in [6.45, 7) is 5.75. The van der Waals surface area contributed by atoms with Crippen molar-refractivity contribution >= 4 is 11.8 Å². The SMILES string of the molecule is CCC1CSC(CC)CN1. The Morgan fingerprint density at radius 3 is 2.60 bits per heavy atom. The van der Waals surface area contributed by atoms with Gasteiger partial charge in [-0.25, -0.2) is 0 Å². The van der Waals surface area contributed by atoms with Gasteiger partial charge in [0.15, 0.2) is 0 Å². The van der Waals surface area contributed by atoms with Crippen molar-refractivity contribution in [1.82, 2.24) is 5.32 Å². The van der Waals surface area contributed by atoms with Crippen LogP contribution in [0.2, 0.25) is 0 Å². The molecular weight excluding hydrogens is 142 g/mol. The molecule has 1 aliphatic rings. The molecular formula is C8H17NS. The van der Waals surface area contributed by atoms with Crippen molar-refractivity contribution in [3.63, 3.8) is 0 Å². The first-order chi connectivity index (χ1) is 4.86. The number of thioether (sulfide) groups is 1. The predicted octanol–water partition coefficient (Wildman–Crippen LogP) is 1.88. The summed E-state index contributed by atoms with van der Waals surface area (Å²) in [6, 6.07) is 0.785. The van der Waals surface area contributed by atoms with Crippen LogP contribution in [0.25, 0.3) is 0 Å². The van der Waals surface area contributed by atoms with E-state index in [1.807, 2.05) is 0 Å². The molecule has 0 aliphatic carbocycles. The van der Waals surface area contributed by atoms with E-state index in [0.29, 0.717) is 0 Å². The molecule has 0 aromatic heterocycles. The number of hydrogen-bond donors (Lipinski definition) is 1. The van der Waals surface area contributed by atoms with Gasteiger partial charge in [0.2, 0.25) is 0 Å². The summed E-state index contributed by atoms with van der Waals surface area (Å²) in [5, 5.41) is 4.43. The summed E-state index contributed by atoms with van der Waals surface area (Å²) >= 11 is 2.13. The van der Waals surface area contributed by atoms with E-state index in [2.05, 4.69) is 30.9 Å². The van der Waals surface area contributed by atoms with Crippen LogP contribution in [0.5, 0.6) is 0 Å². The lowest BCUT2D eigenvalue weighted by molar-refractivity contribution is 0.515. The van der Waals surface area contributed by atoms with E-state index < -0.39 is 0 Å². The van der Waals surface area contributed by atoms with Crippen LogP contribution >= 0.6 is 11.8 Å². The molecule has 60 valence electrons. The molecule has 1 N–H and O–H groups in total. The second-order valence-corrected chi connectivity index (χ2v) is 4.21. The molecule has 1 aliphatic heterocycles. The first kappa shape index (κ1) is 8.41. The van der Waals surface area contributed by atoms with Crippen LogP contribution in [0.3, 0.4) is 0 Å². The first-order valence-electron chi connectivity index (χ1n) is 4.21. The predicted molar refractivity (Wildman–Crippen MR) is 48.6 cm³/mol.